The van der Waals surface area contributed by atoms with Gasteiger partial charge in [0.25, 0.3) is 0 Å². The second-order valence-electron chi connectivity index (χ2n) is 10.5. The molecule has 11 heteroatoms. The average Bonchev–Trinajstić information content (AvgIpc) is 3.47. The van der Waals surface area contributed by atoms with E-state index < -0.39 is 0 Å². The van der Waals surface area contributed by atoms with Crippen LogP contribution in [0.15, 0.2) is 43.1 Å². The molecule has 6 rings (SSSR count). The van der Waals surface area contributed by atoms with E-state index in [-0.39, 0.29) is 6.10 Å². The van der Waals surface area contributed by atoms with Crippen molar-refractivity contribution in [2.75, 3.05) is 45.2 Å². The average molecular weight is 530 g/mol. The van der Waals surface area contributed by atoms with Crippen LogP contribution in [0, 0.1) is 0 Å². The predicted octanol–water partition coefficient (Wildman–Crippen LogP) is 3.32. The highest BCUT2D eigenvalue weighted by Gasteiger charge is 2.22. The van der Waals surface area contributed by atoms with Gasteiger partial charge in [0.15, 0.2) is 5.82 Å². The molecule has 6 heterocycles. The van der Waals surface area contributed by atoms with Crippen LogP contribution >= 0.6 is 0 Å². The Hall–Kier alpha value is -3.96. The number of nitrogens with one attached hydrogen (secondary N) is 1. The number of likely N-dealkylation sites (N-methyl/N-ethyl adjacent to an activating group) is 1. The monoisotopic (exact) mass is 529 g/mol. The van der Waals surface area contributed by atoms with Gasteiger partial charge < -0.3 is 24.3 Å². The molecule has 4 bridgehead atoms. The molecular weight excluding hydrogens is 494 g/mol. The number of aryl methyl sites for hydroxylation is 2. The summed E-state index contributed by atoms with van der Waals surface area (Å²) in [4.78, 5) is 18.8. The van der Waals surface area contributed by atoms with E-state index in [2.05, 4.69) is 63.2 Å². The number of hydrogen-bond acceptors (Lipinski definition) is 9. The number of nitrogens with zero attached hydrogens (tertiary/aromatic N) is 8. The van der Waals surface area contributed by atoms with Crippen molar-refractivity contribution >= 4 is 11.6 Å². The van der Waals surface area contributed by atoms with E-state index in [1.54, 1.807) is 17.1 Å². The summed E-state index contributed by atoms with van der Waals surface area (Å²) >= 11 is 0. The van der Waals surface area contributed by atoms with E-state index in [1.165, 1.54) is 5.56 Å². The zero-order valence-corrected chi connectivity index (χ0v) is 23.0. The maximum atomic E-state index is 6.56. The van der Waals surface area contributed by atoms with Crippen molar-refractivity contribution in [3.8, 4) is 34.1 Å². The normalized spacial score (nSPS) is 18.4. The summed E-state index contributed by atoms with van der Waals surface area (Å²) in [6.07, 6.45) is 10.3. The van der Waals surface area contributed by atoms with Gasteiger partial charge in [-0.25, -0.2) is 19.6 Å². The van der Waals surface area contributed by atoms with Gasteiger partial charge in [0.05, 0.1) is 18.9 Å². The Bertz CT molecular complexity index is 1460. The first-order valence-electron chi connectivity index (χ1n) is 13.4. The van der Waals surface area contributed by atoms with Crippen LogP contribution in [-0.4, -0.2) is 85.0 Å². The van der Waals surface area contributed by atoms with Crippen LogP contribution in [0.2, 0.25) is 0 Å². The highest BCUT2D eigenvalue weighted by atomic mass is 16.5. The Kier molecular flexibility index (Phi) is 6.92. The molecule has 0 spiro atoms. The summed E-state index contributed by atoms with van der Waals surface area (Å²) in [6.45, 7) is 7.73. The van der Waals surface area contributed by atoms with Crippen molar-refractivity contribution in [2.45, 2.75) is 26.0 Å². The lowest BCUT2D eigenvalue weighted by Crippen LogP contribution is -2.43. The van der Waals surface area contributed by atoms with Crippen molar-refractivity contribution in [1.82, 2.24) is 39.1 Å². The molecule has 0 unspecified atom stereocenters. The number of ether oxygens (including phenoxy) is 2. The van der Waals surface area contributed by atoms with Gasteiger partial charge in [-0.05, 0) is 25.6 Å². The van der Waals surface area contributed by atoms with Crippen molar-refractivity contribution in [2.24, 2.45) is 14.1 Å². The third kappa shape index (κ3) is 5.45. The van der Waals surface area contributed by atoms with Crippen LogP contribution in [0.1, 0.15) is 18.9 Å². The minimum Gasteiger partial charge on any atom is -0.490 e. The quantitative estimate of drug-likeness (QED) is 0.429. The molecule has 1 atom stereocenters. The fourth-order valence-corrected chi connectivity index (χ4v) is 5.10. The number of fused-ring (bicyclic) bond motifs is 6. The number of piperazine rings is 1. The van der Waals surface area contributed by atoms with E-state index >= 15 is 0 Å². The number of aromatic nitrogens is 6. The van der Waals surface area contributed by atoms with Crippen molar-refractivity contribution in [3.63, 3.8) is 0 Å². The summed E-state index contributed by atoms with van der Waals surface area (Å²) < 4.78 is 16.5. The molecule has 4 aromatic heterocycles. The van der Waals surface area contributed by atoms with Crippen molar-refractivity contribution in [3.05, 3.63) is 48.7 Å². The first kappa shape index (κ1) is 25.3. The molecule has 11 nitrogen and oxygen atoms in total. The van der Waals surface area contributed by atoms with Gasteiger partial charge in [0, 0.05) is 95.2 Å². The SMILES string of the molecule is C[C@H]1CCOc2c(cnn2C)-c2nccc(n2)Nc2cc(c(-c3cn(C)cc3CN3CCN(C)CC3)cn2)O1. The minimum atomic E-state index is -0.0857. The molecule has 1 fully saturated rings. The van der Waals surface area contributed by atoms with Gasteiger partial charge in [-0.2, -0.15) is 5.10 Å². The predicted molar refractivity (Wildman–Crippen MR) is 149 cm³/mol. The summed E-state index contributed by atoms with van der Waals surface area (Å²) in [6, 6.07) is 3.78. The Morgan fingerprint density at radius 2 is 1.82 bits per heavy atom. The van der Waals surface area contributed by atoms with Gasteiger partial charge in [0.1, 0.15) is 22.9 Å². The number of hydrogen-bond donors (Lipinski definition) is 1. The molecule has 1 saturated heterocycles. The molecular formula is C28H35N9O2. The number of pyridine rings is 1. The first-order valence-corrected chi connectivity index (χ1v) is 13.4. The standard InChI is InChI=1S/C28H35N9O2/c1-19-6-12-38-28-22(15-31-36(28)4)27-29-7-5-25(33-27)32-26-13-24(39-19)21(14-30-26)23-18-35(3)16-20(23)17-37-10-8-34(2)9-11-37/h5,7,13-16,18-19H,6,8-12,17H2,1-4H3,(H,29,30,32,33)/t19-/m0/s1. The molecule has 0 aromatic carbocycles. The van der Waals surface area contributed by atoms with Gasteiger partial charge in [-0.3, -0.25) is 4.90 Å². The fourth-order valence-electron chi connectivity index (χ4n) is 5.10. The topological polar surface area (TPSA) is 98.4 Å². The van der Waals surface area contributed by atoms with Gasteiger partial charge in [-0.1, -0.05) is 0 Å². The number of anilines is 2. The second-order valence-corrected chi connectivity index (χ2v) is 10.5. The molecule has 2 aliphatic rings. The van der Waals surface area contributed by atoms with Crippen LogP contribution in [0.5, 0.6) is 11.6 Å². The zero-order valence-electron chi connectivity index (χ0n) is 23.0. The van der Waals surface area contributed by atoms with Crippen molar-refractivity contribution in [1.29, 1.82) is 0 Å². The molecule has 39 heavy (non-hydrogen) atoms. The molecule has 2 aliphatic heterocycles. The lowest BCUT2D eigenvalue weighted by Gasteiger charge is -2.32. The van der Waals surface area contributed by atoms with Crippen molar-refractivity contribution < 1.29 is 9.47 Å². The Morgan fingerprint density at radius 1 is 0.974 bits per heavy atom. The summed E-state index contributed by atoms with van der Waals surface area (Å²) in [5.74, 6) is 3.23. The van der Waals surface area contributed by atoms with Crippen LogP contribution in [0.25, 0.3) is 22.5 Å². The Morgan fingerprint density at radius 3 is 2.67 bits per heavy atom. The Labute approximate surface area is 228 Å². The van der Waals surface area contributed by atoms with Crippen LogP contribution in [-0.2, 0) is 20.6 Å². The summed E-state index contributed by atoms with van der Waals surface area (Å²) in [5, 5.41) is 7.69. The molecule has 0 radical (unpaired) electrons. The second kappa shape index (κ2) is 10.7. The van der Waals surface area contributed by atoms with E-state index in [4.69, 9.17) is 19.4 Å². The molecule has 0 saturated carbocycles. The molecule has 204 valence electrons. The third-order valence-electron chi connectivity index (χ3n) is 7.31. The lowest BCUT2D eigenvalue weighted by atomic mass is 10.0. The zero-order chi connectivity index (χ0) is 26.9. The van der Waals surface area contributed by atoms with E-state index in [0.717, 1.165) is 55.2 Å². The maximum absolute atomic E-state index is 6.56. The fraction of sp³-hybridized carbons (Fsp3) is 0.429. The highest BCUT2D eigenvalue weighted by Crippen LogP contribution is 2.36. The highest BCUT2D eigenvalue weighted by molar-refractivity contribution is 5.75. The molecule has 4 aromatic rings. The van der Waals surface area contributed by atoms with Gasteiger partial charge >= 0.3 is 0 Å². The lowest BCUT2D eigenvalue weighted by molar-refractivity contribution is 0.148. The number of rotatable bonds is 3. The molecule has 1 N–H and O–H groups in total. The maximum Gasteiger partial charge on any atom is 0.222 e. The van der Waals surface area contributed by atoms with E-state index in [0.29, 0.717) is 36.4 Å². The largest absolute Gasteiger partial charge is 0.490 e. The van der Waals surface area contributed by atoms with E-state index in [1.807, 2.05) is 25.4 Å². The first-order chi connectivity index (χ1) is 18.9. The third-order valence-corrected chi connectivity index (χ3v) is 7.31. The van der Waals surface area contributed by atoms with Crippen LogP contribution < -0.4 is 14.8 Å². The smallest absolute Gasteiger partial charge is 0.222 e. The molecule has 0 amide bonds. The summed E-state index contributed by atoms with van der Waals surface area (Å²) in [5.41, 5.74) is 4.12. The molecule has 0 aliphatic carbocycles. The summed E-state index contributed by atoms with van der Waals surface area (Å²) in [7, 11) is 6.10. The van der Waals surface area contributed by atoms with E-state index in [9.17, 15) is 0 Å². The van der Waals surface area contributed by atoms with Crippen LogP contribution in [0.3, 0.4) is 0 Å². The van der Waals surface area contributed by atoms with Crippen LogP contribution in [0.4, 0.5) is 11.6 Å². The van der Waals surface area contributed by atoms with Gasteiger partial charge in [-0.15, -0.1) is 0 Å². The minimum absolute atomic E-state index is 0.0857. The Balaban J connectivity index is 1.35. The van der Waals surface area contributed by atoms with Gasteiger partial charge in [0.2, 0.25) is 5.88 Å².